The third-order valence-electron chi connectivity index (χ3n) is 6.62. The molecule has 0 bridgehead atoms. The van der Waals surface area contributed by atoms with Gasteiger partial charge < -0.3 is 20.1 Å². The first-order valence-electron chi connectivity index (χ1n) is 11.6. The SMILES string of the molecule is CC(CCC(=O)N1CCCC(C(=O)O)C1)NC(=O)OCC1c2ccccc2-c2ccccc21. The fourth-order valence-electron chi connectivity index (χ4n) is 4.82. The molecular weight excluding hydrogens is 420 g/mol. The van der Waals surface area contributed by atoms with Crippen molar-refractivity contribution in [2.45, 2.75) is 44.6 Å². The molecule has 1 heterocycles. The lowest BCUT2D eigenvalue weighted by Gasteiger charge is -2.31. The number of carbonyl (C=O) groups is 3. The van der Waals surface area contributed by atoms with E-state index in [1.54, 1.807) is 4.90 Å². The average molecular weight is 451 g/mol. The van der Waals surface area contributed by atoms with Crippen LogP contribution in [0.15, 0.2) is 48.5 Å². The van der Waals surface area contributed by atoms with Crippen molar-refractivity contribution in [1.29, 1.82) is 0 Å². The highest BCUT2D eigenvalue weighted by molar-refractivity contribution is 5.79. The maximum absolute atomic E-state index is 12.5. The number of benzene rings is 2. The summed E-state index contributed by atoms with van der Waals surface area (Å²) in [4.78, 5) is 37.7. The van der Waals surface area contributed by atoms with Gasteiger partial charge in [-0.2, -0.15) is 0 Å². The number of rotatable bonds is 7. The number of nitrogens with one attached hydrogen (secondary N) is 1. The van der Waals surface area contributed by atoms with Gasteiger partial charge >= 0.3 is 12.1 Å². The van der Waals surface area contributed by atoms with Crippen LogP contribution in [0.2, 0.25) is 0 Å². The lowest BCUT2D eigenvalue weighted by atomic mass is 9.98. The first-order valence-corrected chi connectivity index (χ1v) is 11.6. The lowest BCUT2D eigenvalue weighted by molar-refractivity contribution is -0.145. The van der Waals surface area contributed by atoms with Gasteiger partial charge in [0.25, 0.3) is 0 Å². The zero-order chi connectivity index (χ0) is 23.4. The Morgan fingerprint density at radius 1 is 1.09 bits per heavy atom. The molecule has 1 fully saturated rings. The number of nitrogens with zero attached hydrogens (tertiary/aromatic N) is 1. The van der Waals surface area contributed by atoms with Crippen molar-refractivity contribution in [3.05, 3.63) is 59.7 Å². The van der Waals surface area contributed by atoms with E-state index in [9.17, 15) is 19.5 Å². The fourth-order valence-corrected chi connectivity index (χ4v) is 4.82. The Kier molecular flexibility index (Phi) is 6.96. The molecule has 1 aliphatic carbocycles. The number of carboxylic acids is 1. The second-order valence-corrected chi connectivity index (χ2v) is 8.93. The molecule has 2 aliphatic rings. The molecule has 2 N–H and O–H groups in total. The summed E-state index contributed by atoms with van der Waals surface area (Å²) in [6.45, 7) is 2.94. The van der Waals surface area contributed by atoms with Gasteiger partial charge in [0, 0.05) is 31.5 Å². The Morgan fingerprint density at radius 2 is 1.73 bits per heavy atom. The zero-order valence-corrected chi connectivity index (χ0v) is 18.8. The summed E-state index contributed by atoms with van der Waals surface area (Å²) in [5.41, 5.74) is 4.67. The summed E-state index contributed by atoms with van der Waals surface area (Å²) in [6.07, 6.45) is 1.55. The van der Waals surface area contributed by atoms with Crippen LogP contribution in [0.5, 0.6) is 0 Å². The van der Waals surface area contributed by atoms with E-state index in [1.165, 1.54) is 11.1 Å². The molecule has 7 nitrogen and oxygen atoms in total. The Labute approximate surface area is 193 Å². The maximum atomic E-state index is 12.5. The molecule has 4 rings (SSSR count). The number of likely N-dealkylation sites (tertiary alicyclic amines) is 1. The van der Waals surface area contributed by atoms with Crippen LogP contribution in [-0.2, 0) is 14.3 Å². The molecule has 0 radical (unpaired) electrons. The minimum atomic E-state index is -0.849. The second kappa shape index (κ2) is 10.1. The smallest absolute Gasteiger partial charge is 0.407 e. The molecule has 0 spiro atoms. The molecule has 2 atom stereocenters. The summed E-state index contributed by atoms with van der Waals surface area (Å²) in [5.74, 6) is -1.40. The summed E-state index contributed by atoms with van der Waals surface area (Å²) >= 11 is 0. The zero-order valence-electron chi connectivity index (χ0n) is 18.8. The largest absolute Gasteiger partial charge is 0.481 e. The van der Waals surface area contributed by atoms with Crippen molar-refractivity contribution in [3.63, 3.8) is 0 Å². The fraction of sp³-hybridized carbons (Fsp3) is 0.423. The molecular formula is C26H30N2O5. The first-order chi connectivity index (χ1) is 15.9. The molecule has 2 aromatic carbocycles. The third kappa shape index (κ3) is 5.18. The Morgan fingerprint density at radius 3 is 2.36 bits per heavy atom. The van der Waals surface area contributed by atoms with Gasteiger partial charge in [-0.05, 0) is 48.4 Å². The molecule has 7 heteroatoms. The molecule has 0 aromatic heterocycles. The van der Waals surface area contributed by atoms with E-state index in [-0.39, 0.29) is 37.4 Å². The van der Waals surface area contributed by atoms with Crippen molar-refractivity contribution < 1.29 is 24.2 Å². The topological polar surface area (TPSA) is 95.9 Å². The van der Waals surface area contributed by atoms with Crippen LogP contribution < -0.4 is 5.32 Å². The quantitative estimate of drug-likeness (QED) is 0.664. The van der Waals surface area contributed by atoms with Crippen LogP contribution in [0.25, 0.3) is 11.1 Å². The molecule has 1 aliphatic heterocycles. The first kappa shape index (κ1) is 22.8. The van der Waals surface area contributed by atoms with Crippen molar-refractivity contribution in [1.82, 2.24) is 10.2 Å². The molecule has 33 heavy (non-hydrogen) atoms. The van der Waals surface area contributed by atoms with Crippen LogP contribution in [0.3, 0.4) is 0 Å². The van der Waals surface area contributed by atoms with E-state index in [4.69, 9.17) is 4.74 Å². The van der Waals surface area contributed by atoms with E-state index in [1.807, 2.05) is 31.2 Å². The number of carboxylic acid groups (broad SMARTS) is 1. The Bertz CT molecular complexity index is 991. The Balaban J connectivity index is 1.25. The van der Waals surface area contributed by atoms with Crippen molar-refractivity contribution in [2.24, 2.45) is 5.92 Å². The highest BCUT2D eigenvalue weighted by Crippen LogP contribution is 2.44. The summed E-state index contributed by atoms with van der Waals surface area (Å²) in [5, 5.41) is 12.0. The number of carbonyl (C=O) groups excluding carboxylic acids is 2. The van der Waals surface area contributed by atoms with E-state index < -0.39 is 18.0 Å². The number of fused-ring (bicyclic) bond motifs is 3. The minimum Gasteiger partial charge on any atom is -0.481 e. The summed E-state index contributed by atoms with van der Waals surface area (Å²) < 4.78 is 5.56. The van der Waals surface area contributed by atoms with Gasteiger partial charge in [0.2, 0.25) is 5.91 Å². The predicted octanol–water partition coefficient (Wildman–Crippen LogP) is 4.02. The van der Waals surface area contributed by atoms with Gasteiger partial charge in [-0.3, -0.25) is 9.59 Å². The van der Waals surface area contributed by atoms with E-state index >= 15 is 0 Å². The van der Waals surface area contributed by atoms with Crippen LogP contribution in [0.1, 0.15) is 49.7 Å². The average Bonchev–Trinajstić information content (AvgIpc) is 3.15. The number of hydrogen-bond donors (Lipinski definition) is 2. The van der Waals surface area contributed by atoms with Gasteiger partial charge in [-0.15, -0.1) is 0 Å². The second-order valence-electron chi connectivity index (χ2n) is 8.93. The summed E-state index contributed by atoms with van der Waals surface area (Å²) in [6, 6.07) is 16.1. The number of amides is 2. The number of aliphatic carboxylic acids is 1. The molecule has 174 valence electrons. The number of hydrogen-bond acceptors (Lipinski definition) is 4. The van der Waals surface area contributed by atoms with Gasteiger partial charge in [0.05, 0.1) is 5.92 Å². The summed E-state index contributed by atoms with van der Waals surface area (Å²) in [7, 11) is 0. The number of piperidine rings is 1. The highest BCUT2D eigenvalue weighted by atomic mass is 16.5. The van der Waals surface area contributed by atoms with Crippen molar-refractivity contribution in [3.8, 4) is 11.1 Å². The van der Waals surface area contributed by atoms with Crippen LogP contribution in [0, 0.1) is 5.92 Å². The lowest BCUT2D eigenvalue weighted by Crippen LogP contribution is -2.43. The van der Waals surface area contributed by atoms with Crippen molar-refractivity contribution >= 4 is 18.0 Å². The number of ether oxygens (including phenoxy) is 1. The normalized spacial score (nSPS) is 18.2. The minimum absolute atomic E-state index is 0.00122. The monoisotopic (exact) mass is 450 g/mol. The standard InChI is InChI=1S/C26H30N2O5/c1-17(12-13-24(29)28-14-6-7-18(15-28)25(30)31)27-26(32)33-16-23-21-10-4-2-8-19(21)20-9-3-5-11-22(20)23/h2-5,8-11,17-18,23H,6-7,12-16H2,1H3,(H,27,32)(H,30,31). The maximum Gasteiger partial charge on any atom is 0.407 e. The third-order valence-corrected chi connectivity index (χ3v) is 6.62. The molecule has 0 saturated carbocycles. The van der Waals surface area contributed by atoms with Crippen LogP contribution in [-0.4, -0.2) is 53.7 Å². The number of alkyl carbamates (subject to hydrolysis) is 1. The van der Waals surface area contributed by atoms with Gasteiger partial charge in [-0.1, -0.05) is 48.5 Å². The van der Waals surface area contributed by atoms with Crippen LogP contribution >= 0.6 is 0 Å². The van der Waals surface area contributed by atoms with Gasteiger partial charge in [0.15, 0.2) is 0 Å². The predicted molar refractivity (Wildman–Crippen MR) is 124 cm³/mol. The van der Waals surface area contributed by atoms with E-state index in [0.717, 1.165) is 11.1 Å². The van der Waals surface area contributed by atoms with E-state index in [2.05, 4.69) is 29.6 Å². The van der Waals surface area contributed by atoms with Crippen molar-refractivity contribution in [2.75, 3.05) is 19.7 Å². The highest BCUT2D eigenvalue weighted by Gasteiger charge is 2.30. The van der Waals surface area contributed by atoms with E-state index in [0.29, 0.717) is 25.8 Å². The van der Waals surface area contributed by atoms with Gasteiger partial charge in [-0.25, -0.2) is 4.79 Å². The van der Waals surface area contributed by atoms with Crippen LogP contribution in [0.4, 0.5) is 4.79 Å². The molecule has 2 aromatic rings. The molecule has 2 amide bonds. The Hall–Kier alpha value is -3.35. The molecule has 2 unspecified atom stereocenters. The molecule has 1 saturated heterocycles. The van der Waals surface area contributed by atoms with Gasteiger partial charge in [0.1, 0.15) is 6.61 Å².